The van der Waals surface area contributed by atoms with Crippen molar-refractivity contribution in [2.75, 3.05) is 18.7 Å². The van der Waals surface area contributed by atoms with Crippen LogP contribution in [0.15, 0.2) is 42.5 Å². The van der Waals surface area contributed by atoms with Gasteiger partial charge in [-0.15, -0.1) is 5.10 Å². The molecule has 154 valence electrons. The number of ether oxygens (including phenoxy) is 2. The molecule has 1 aromatic heterocycles. The molecule has 1 aliphatic heterocycles. The summed E-state index contributed by atoms with van der Waals surface area (Å²) in [7, 11) is 0. The van der Waals surface area contributed by atoms with Crippen LogP contribution < -0.4 is 14.8 Å². The van der Waals surface area contributed by atoms with E-state index in [2.05, 4.69) is 20.8 Å². The van der Waals surface area contributed by atoms with Gasteiger partial charge in [-0.05, 0) is 60.0 Å². The second-order valence-electron chi connectivity index (χ2n) is 7.39. The quantitative estimate of drug-likeness (QED) is 0.674. The lowest BCUT2D eigenvalue weighted by atomic mass is 10.2. The van der Waals surface area contributed by atoms with Crippen LogP contribution in [0.5, 0.6) is 11.5 Å². The number of benzene rings is 2. The van der Waals surface area contributed by atoms with Gasteiger partial charge in [0.2, 0.25) is 6.79 Å². The van der Waals surface area contributed by atoms with Crippen LogP contribution in [0.4, 0.5) is 10.5 Å². The van der Waals surface area contributed by atoms with Gasteiger partial charge in [0.15, 0.2) is 17.3 Å². The minimum absolute atomic E-state index is 0.172. The molecule has 3 aromatic rings. The number of nitrogens with zero attached hydrogens (tertiary/aromatic N) is 5. The predicted octanol–water partition coefficient (Wildman–Crippen LogP) is 3.46. The van der Waals surface area contributed by atoms with E-state index in [0.717, 1.165) is 35.5 Å². The Balaban J connectivity index is 1.29. The summed E-state index contributed by atoms with van der Waals surface area (Å²) in [4.78, 5) is 14.6. The lowest BCUT2D eigenvalue weighted by Gasteiger charge is -2.22. The van der Waals surface area contributed by atoms with E-state index in [9.17, 15) is 4.79 Å². The van der Waals surface area contributed by atoms with Crippen LogP contribution in [-0.4, -0.2) is 44.5 Å². The van der Waals surface area contributed by atoms with Crippen LogP contribution in [0.2, 0.25) is 0 Å². The van der Waals surface area contributed by atoms with Gasteiger partial charge in [-0.1, -0.05) is 18.2 Å². The molecule has 9 nitrogen and oxygen atoms in total. The minimum Gasteiger partial charge on any atom is -0.454 e. The van der Waals surface area contributed by atoms with E-state index in [0.29, 0.717) is 30.6 Å². The third-order valence-electron chi connectivity index (χ3n) is 5.24. The molecule has 0 saturated heterocycles. The maximum absolute atomic E-state index is 12.9. The average molecular weight is 406 g/mol. The number of rotatable bonds is 6. The first-order valence-electron chi connectivity index (χ1n) is 10.0. The number of urea groups is 1. The number of fused-ring (bicyclic) bond motifs is 1. The standard InChI is InChI=1S/C21H22N6O3/c1-2-26(12-14-6-9-18-19(10-14)30-13-29-18)21(28)22-16-5-3-4-15(11-16)20-23-24-25-27(20)17-7-8-17/h3-6,9-11,17H,2,7-8,12-13H2,1H3,(H,22,28). The van der Waals surface area contributed by atoms with Gasteiger partial charge in [-0.3, -0.25) is 0 Å². The summed E-state index contributed by atoms with van der Waals surface area (Å²) in [6, 6.07) is 13.5. The SMILES string of the molecule is CCN(Cc1ccc2c(c1)OCO2)C(=O)Nc1cccc(-c2nnnn2C2CC2)c1. The molecule has 2 amide bonds. The zero-order chi connectivity index (χ0) is 20.5. The smallest absolute Gasteiger partial charge is 0.322 e. The van der Waals surface area contributed by atoms with Crippen LogP contribution in [0, 0.1) is 0 Å². The van der Waals surface area contributed by atoms with Crippen LogP contribution in [0.25, 0.3) is 11.4 Å². The number of nitrogens with one attached hydrogen (secondary N) is 1. The monoisotopic (exact) mass is 406 g/mol. The third kappa shape index (κ3) is 3.66. The molecule has 0 unspecified atom stereocenters. The van der Waals surface area contributed by atoms with Gasteiger partial charge in [0, 0.05) is 24.3 Å². The van der Waals surface area contributed by atoms with Crippen molar-refractivity contribution in [1.29, 1.82) is 0 Å². The fourth-order valence-electron chi connectivity index (χ4n) is 3.47. The largest absolute Gasteiger partial charge is 0.454 e. The Labute approximate surface area is 173 Å². The second-order valence-corrected chi connectivity index (χ2v) is 7.39. The molecule has 1 fully saturated rings. The number of carbonyl (C=O) groups is 1. The Bertz CT molecular complexity index is 1080. The van der Waals surface area contributed by atoms with E-state index in [1.165, 1.54) is 0 Å². The summed E-state index contributed by atoms with van der Waals surface area (Å²) in [5.41, 5.74) is 2.56. The van der Waals surface area contributed by atoms with Crippen LogP contribution in [0.3, 0.4) is 0 Å². The van der Waals surface area contributed by atoms with Crippen molar-refractivity contribution in [3.8, 4) is 22.9 Å². The van der Waals surface area contributed by atoms with E-state index >= 15 is 0 Å². The van der Waals surface area contributed by atoms with Gasteiger partial charge >= 0.3 is 6.03 Å². The van der Waals surface area contributed by atoms with Crippen LogP contribution in [-0.2, 0) is 6.54 Å². The molecule has 9 heteroatoms. The molecule has 1 saturated carbocycles. The maximum atomic E-state index is 12.9. The Morgan fingerprint density at radius 3 is 2.90 bits per heavy atom. The van der Waals surface area contributed by atoms with Crippen molar-refractivity contribution >= 4 is 11.7 Å². The summed E-state index contributed by atoms with van der Waals surface area (Å²) in [5, 5.41) is 15.1. The van der Waals surface area contributed by atoms with E-state index in [-0.39, 0.29) is 12.8 Å². The molecule has 0 atom stereocenters. The summed E-state index contributed by atoms with van der Waals surface area (Å²) in [6.45, 7) is 3.22. The molecule has 1 N–H and O–H groups in total. The lowest BCUT2D eigenvalue weighted by molar-refractivity contribution is 0.174. The highest BCUT2D eigenvalue weighted by molar-refractivity contribution is 5.90. The van der Waals surface area contributed by atoms with Gasteiger partial charge in [0.05, 0.1) is 6.04 Å². The summed E-state index contributed by atoms with van der Waals surface area (Å²) < 4.78 is 12.6. The Morgan fingerprint density at radius 1 is 1.20 bits per heavy atom. The first-order valence-corrected chi connectivity index (χ1v) is 10.0. The highest BCUT2D eigenvalue weighted by atomic mass is 16.7. The molecule has 2 aliphatic rings. The third-order valence-corrected chi connectivity index (χ3v) is 5.24. The van der Waals surface area contributed by atoms with E-state index in [1.807, 2.05) is 54.1 Å². The summed E-state index contributed by atoms with van der Waals surface area (Å²) >= 11 is 0. The normalized spacial score (nSPS) is 14.6. The average Bonchev–Trinajstić information content (AvgIpc) is 3.30. The Morgan fingerprint density at radius 2 is 2.07 bits per heavy atom. The van der Waals surface area contributed by atoms with Gasteiger partial charge in [0.25, 0.3) is 0 Å². The molecule has 0 bridgehead atoms. The van der Waals surface area contributed by atoms with E-state index in [1.54, 1.807) is 4.90 Å². The summed E-state index contributed by atoms with van der Waals surface area (Å²) in [6.07, 6.45) is 2.19. The van der Waals surface area contributed by atoms with Crippen molar-refractivity contribution in [2.45, 2.75) is 32.4 Å². The van der Waals surface area contributed by atoms with Gasteiger partial charge in [-0.2, -0.15) is 0 Å². The molecular weight excluding hydrogens is 384 g/mol. The first kappa shape index (κ1) is 18.4. The zero-order valence-corrected chi connectivity index (χ0v) is 16.6. The van der Waals surface area contributed by atoms with Gasteiger partial charge in [0.1, 0.15) is 0 Å². The molecular formula is C21H22N6O3. The van der Waals surface area contributed by atoms with Crippen molar-refractivity contribution in [3.63, 3.8) is 0 Å². The highest BCUT2D eigenvalue weighted by Crippen LogP contribution is 2.37. The maximum Gasteiger partial charge on any atom is 0.322 e. The van der Waals surface area contributed by atoms with Crippen LogP contribution in [0.1, 0.15) is 31.4 Å². The van der Waals surface area contributed by atoms with Crippen molar-refractivity contribution in [2.24, 2.45) is 0 Å². The highest BCUT2D eigenvalue weighted by Gasteiger charge is 2.28. The number of hydrogen-bond donors (Lipinski definition) is 1. The predicted molar refractivity (Wildman–Crippen MR) is 109 cm³/mol. The van der Waals surface area contributed by atoms with Crippen molar-refractivity contribution in [1.82, 2.24) is 25.1 Å². The van der Waals surface area contributed by atoms with E-state index < -0.39 is 0 Å². The fraction of sp³-hybridized carbons (Fsp3) is 0.333. The fourth-order valence-corrected chi connectivity index (χ4v) is 3.47. The van der Waals surface area contributed by atoms with Gasteiger partial charge in [-0.25, -0.2) is 9.48 Å². The topological polar surface area (TPSA) is 94.4 Å². The van der Waals surface area contributed by atoms with Crippen molar-refractivity contribution < 1.29 is 14.3 Å². The summed E-state index contributed by atoms with van der Waals surface area (Å²) in [5.74, 6) is 2.17. The van der Waals surface area contributed by atoms with Crippen LogP contribution >= 0.6 is 0 Å². The molecule has 0 spiro atoms. The first-order chi connectivity index (χ1) is 14.7. The zero-order valence-electron chi connectivity index (χ0n) is 16.6. The van der Waals surface area contributed by atoms with Gasteiger partial charge < -0.3 is 19.7 Å². The number of hydrogen-bond acceptors (Lipinski definition) is 6. The molecule has 0 radical (unpaired) electrons. The molecule has 2 heterocycles. The molecule has 1 aliphatic carbocycles. The molecule has 5 rings (SSSR count). The number of carbonyl (C=O) groups excluding carboxylic acids is 1. The number of amides is 2. The second kappa shape index (κ2) is 7.66. The Hall–Kier alpha value is -3.62. The number of aromatic nitrogens is 4. The molecule has 2 aromatic carbocycles. The lowest BCUT2D eigenvalue weighted by Crippen LogP contribution is -2.34. The molecule has 30 heavy (non-hydrogen) atoms. The number of anilines is 1. The Kier molecular flexibility index (Phi) is 4.70. The number of tetrazole rings is 1. The minimum atomic E-state index is -0.172. The van der Waals surface area contributed by atoms with E-state index in [4.69, 9.17) is 9.47 Å². The van der Waals surface area contributed by atoms with Crippen molar-refractivity contribution in [3.05, 3.63) is 48.0 Å².